The van der Waals surface area contributed by atoms with Gasteiger partial charge in [-0.25, -0.2) is 4.68 Å². The molecule has 2 aromatic rings. The smallest absolute Gasteiger partial charge is 0.313 e. The zero-order chi connectivity index (χ0) is 14.7. The number of aromatic nitrogens is 3. The van der Waals surface area contributed by atoms with Crippen LogP contribution in [0.1, 0.15) is 19.3 Å². The van der Waals surface area contributed by atoms with Crippen molar-refractivity contribution in [2.45, 2.75) is 24.4 Å². The van der Waals surface area contributed by atoms with E-state index in [9.17, 15) is 4.79 Å². The molecule has 0 radical (unpaired) electrons. The summed E-state index contributed by atoms with van der Waals surface area (Å²) < 4.78 is 2.00. The molecule has 3 rings (SSSR count). The number of thioether (sulfide) groups is 1. The molecule has 3 heterocycles. The van der Waals surface area contributed by atoms with Crippen LogP contribution in [-0.4, -0.2) is 44.8 Å². The number of thiophene rings is 1. The highest BCUT2D eigenvalue weighted by molar-refractivity contribution is 7.99. The number of aliphatic carboxylic acids is 1. The topological polar surface area (TPSA) is 71.2 Å². The molecule has 1 N–H and O–H groups in total. The predicted octanol–water partition coefficient (Wildman–Crippen LogP) is 2.31. The highest BCUT2D eigenvalue weighted by Crippen LogP contribution is 2.28. The molecule has 0 aliphatic carbocycles. The van der Waals surface area contributed by atoms with Crippen LogP contribution < -0.4 is 5.01 Å². The van der Waals surface area contributed by atoms with E-state index in [0.29, 0.717) is 5.16 Å². The molecule has 0 atom stereocenters. The number of carbonyl (C=O) groups is 1. The van der Waals surface area contributed by atoms with Crippen LogP contribution >= 0.6 is 23.1 Å². The maximum absolute atomic E-state index is 10.8. The van der Waals surface area contributed by atoms with Crippen molar-refractivity contribution in [1.29, 1.82) is 0 Å². The van der Waals surface area contributed by atoms with Crippen molar-refractivity contribution < 1.29 is 9.90 Å². The summed E-state index contributed by atoms with van der Waals surface area (Å²) in [4.78, 5) is 11.9. The second kappa shape index (κ2) is 6.48. The van der Waals surface area contributed by atoms with Gasteiger partial charge in [0.05, 0.1) is 10.6 Å². The zero-order valence-corrected chi connectivity index (χ0v) is 13.1. The normalized spacial score (nSPS) is 15.3. The molecule has 2 aromatic heterocycles. The first kappa shape index (κ1) is 14.4. The van der Waals surface area contributed by atoms with E-state index in [-0.39, 0.29) is 5.75 Å². The number of nitrogens with zero attached hydrogens (tertiary/aromatic N) is 4. The lowest BCUT2D eigenvalue weighted by Gasteiger charge is -2.31. The SMILES string of the molecule is O=C(O)CSc1nnc(-c2cccs2)n1N1CCCCC1. The van der Waals surface area contributed by atoms with E-state index in [2.05, 4.69) is 15.2 Å². The lowest BCUT2D eigenvalue weighted by Crippen LogP contribution is -2.40. The largest absolute Gasteiger partial charge is 0.481 e. The first-order valence-electron chi connectivity index (χ1n) is 6.85. The molecule has 1 aliphatic heterocycles. The highest BCUT2D eigenvalue weighted by atomic mass is 32.2. The van der Waals surface area contributed by atoms with Gasteiger partial charge in [-0.1, -0.05) is 17.8 Å². The molecule has 1 fully saturated rings. The molecule has 112 valence electrons. The van der Waals surface area contributed by atoms with Gasteiger partial charge in [0.1, 0.15) is 0 Å². The van der Waals surface area contributed by atoms with Crippen LogP contribution in [0.2, 0.25) is 0 Å². The third-order valence-corrected chi connectivity index (χ3v) is 5.06. The van der Waals surface area contributed by atoms with Gasteiger partial charge in [0.2, 0.25) is 5.16 Å². The molecule has 0 amide bonds. The van der Waals surface area contributed by atoms with E-state index < -0.39 is 5.97 Å². The molecule has 0 unspecified atom stereocenters. The monoisotopic (exact) mass is 324 g/mol. The number of piperidine rings is 1. The van der Waals surface area contributed by atoms with Crippen molar-refractivity contribution >= 4 is 29.1 Å². The lowest BCUT2D eigenvalue weighted by molar-refractivity contribution is -0.133. The van der Waals surface area contributed by atoms with Crippen LogP contribution in [0.4, 0.5) is 0 Å². The second-order valence-electron chi connectivity index (χ2n) is 4.79. The van der Waals surface area contributed by atoms with Crippen molar-refractivity contribution in [2.75, 3.05) is 23.9 Å². The van der Waals surface area contributed by atoms with E-state index in [1.165, 1.54) is 18.2 Å². The fourth-order valence-electron chi connectivity index (χ4n) is 2.37. The van der Waals surface area contributed by atoms with Crippen LogP contribution in [0.5, 0.6) is 0 Å². The first-order chi connectivity index (χ1) is 10.3. The highest BCUT2D eigenvalue weighted by Gasteiger charge is 2.22. The van der Waals surface area contributed by atoms with Crippen LogP contribution in [0.3, 0.4) is 0 Å². The van der Waals surface area contributed by atoms with E-state index in [1.54, 1.807) is 11.3 Å². The molecular formula is C13H16N4O2S2. The minimum atomic E-state index is -0.842. The molecule has 0 aromatic carbocycles. The molecule has 1 saturated heterocycles. The van der Waals surface area contributed by atoms with E-state index in [4.69, 9.17) is 5.11 Å². The summed E-state index contributed by atoms with van der Waals surface area (Å²) >= 11 is 2.84. The summed E-state index contributed by atoms with van der Waals surface area (Å²) in [6.07, 6.45) is 3.53. The second-order valence-corrected chi connectivity index (χ2v) is 6.68. The Morgan fingerprint density at radius 2 is 2.14 bits per heavy atom. The van der Waals surface area contributed by atoms with Crippen LogP contribution in [-0.2, 0) is 4.79 Å². The average molecular weight is 324 g/mol. The van der Waals surface area contributed by atoms with Crippen LogP contribution in [0, 0.1) is 0 Å². The molecule has 0 spiro atoms. The van der Waals surface area contributed by atoms with Gasteiger partial charge in [0, 0.05) is 13.1 Å². The fraction of sp³-hybridized carbons (Fsp3) is 0.462. The Labute approximate surface area is 130 Å². The van der Waals surface area contributed by atoms with E-state index in [0.717, 1.165) is 36.6 Å². The Hall–Kier alpha value is -1.54. The summed E-state index contributed by atoms with van der Waals surface area (Å²) in [5, 5.41) is 22.2. The van der Waals surface area contributed by atoms with E-state index >= 15 is 0 Å². The molecule has 1 aliphatic rings. The fourth-order valence-corrected chi connectivity index (χ4v) is 3.74. The zero-order valence-electron chi connectivity index (χ0n) is 11.4. The Bertz CT molecular complexity index is 606. The van der Waals surface area contributed by atoms with Crippen molar-refractivity contribution in [1.82, 2.24) is 14.9 Å². The molecule has 21 heavy (non-hydrogen) atoms. The number of hydrogen-bond donors (Lipinski definition) is 1. The maximum atomic E-state index is 10.8. The Balaban J connectivity index is 1.94. The third-order valence-electron chi connectivity index (χ3n) is 3.29. The quantitative estimate of drug-likeness (QED) is 0.851. The number of carboxylic acid groups (broad SMARTS) is 1. The summed E-state index contributed by atoms with van der Waals surface area (Å²) in [5.74, 6) is -0.0400. The van der Waals surface area contributed by atoms with Gasteiger partial charge < -0.3 is 10.1 Å². The molecule has 8 heteroatoms. The molecule has 0 saturated carbocycles. The van der Waals surface area contributed by atoms with E-state index in [1.807, 2.05) is 22.2 Å². The lowest BCUT2D eigenvalue weighted by atomic mass is 10.2. The minimum absolute atomic E-state index is 0.00356. The number of carboxylic acids is 1. The summed E-state index contributed by atoms with van der Waals surface area (Å²) in [6.45, 7) is 1.91. The summed E-state index contributed by atoms with van der Waals surface area (Å²) in [5.41, 5.74) is 0. The Morgan fingerprint density at radius 1 is 1.33 bits per heavy atom. The van der Waals surface area contributed by atoms with Crippen LogP contribution in [0.15, 0.2) is 22.7 Å². The standard InChI is InChI=1S/C13H16N4O2S2/c18-11(19)9-21-13-15-14-12(10-5-4-8-20-10)17(13)16-6-2-1-3-7-16/h4-5,8H,1-3,6-7,9H2,(H,18,19). The van der Waals surface area contributed by atoms with Crippen molar-refractivity contribution in [3.63, 3.8) is 0 Å². The van der Waals surface area contributed by atoms with Gasteiger partial charge in [-0.15, -0.1) is 21.5 Å². The molecule has 6 nitrogen and oxygen atoms in total. The van der Waals surface area contributed by atoms with Gasteiger partial charge in [0.15, 0.2) is 5.82 Å². The minimum Gasteiger partial charge on any atom is -0.481 e. The molecular weight excluding hydrogens is 308 g/mol. The predicted molar refractivity (Wildman–Crippen MR) is 83.5 cm³/mol. The van der Waals surface area contributed by atoms with Gasteiger partial charge in [-0.05, 0) is 30.7 Å². The van der Waals surface area contributed by atoms with Crippen LogP contribution in [0.25, 0.3) is 10.7 Å². The van der Waals surface area contributed by atoms with Crippen molar-refractivity contribution in [3.05, 3.63) is 17.5 Å². The first-order valence-corrected chi connectivity index (χ1v) is 8.71. The van der Waals surface area contributed by atoms with Gasteiger partial charge in [0.25, 0.3) is 0 Å². The van der Waals surface area contributed by atoms with Gasteiger partial charge in [-0.3, -0.25) is 4.79 Å². The van der Waals surface area contributed by atoms with Gasteiger partial charge in [-0.2, -0.15) is 0 Å². The summed E-state index contributed by atoms with van der Waals surface area (Å²) in [6, 6.07) is 4.00. The maximum Gasteiger partial charge on any atom is 0.313 e. The number of rotatable bonds is 5. The Morgan fingerprint density at radius 3 is 2.81 bits per heavy atom. The Kier molecular flexibility index (Phi) is 4.45. The third kappa shape index (κ3) is 3.21. The number of hydrogen-bond acceptors (Lipinski definition) is 6. The van der Waals surface area contributed by atoms with Gasteiger partial charge >= 0.3 is 5.97 Å². The average Bonchev–Trinajstić information content (AvgIpc) is 3.15. The van der Waals surface area contributed by atoms with Crippen molar-refractivity contribution in [2.24, 2.45) is 0 Å². The summed E-state index contributed by atoms with van der Waals surface area (Å²) in [7, 11) is 0. The van der Waals surface area contributed by atoms with Crippen molar-refractivity contribution in [3.8, 4) is 10.7 Å². The molecule has 0 bridgehead atoms.